The summed E-state index contributed by atoms with van der Waals surface area (Å²) in [5.74, 6) is -0.854. The van der Waals surface area contributed by atoms with E-state index in [1.54, 1.807) is 26.0 Å². The van der Waals surface area contributed by atoms with Crippen LogP contribution >= 0.6 is 0 Å². The summed E-state index contributed by atoms with van der Waals surface area (Å²) in [6, 6.07) is 5.14. The minimum Gasteiger partial charge on any atom is -0.326 e. The number of benzene rings is 1. The van der Waals surface area contributed by atoms with Gasteiger partial charge in [-0.05, 0) is 23.6 Å². The highest BCUT2D eigenvalue weighted by Crippen LogP contribution is 2.11. The van der Waals surface area contributed by atoms with Gasteiger partial charge in [0.25, 0.3) is 15.9 Å². The molecule has 1 aromatic carbocycles. The first-order valence-electron chi connectivity index (χ1n) is 5.89. The van der Waals surface area contributed by atoms with Crippen LogP contribution in [0.25, 0.3) is 0 Å². The summed E-state index contributed by atoms with van der Waals surface area (Å²) in [6.45, 7) is 3.81. The van der Waals surface area contributed by atoms with Crippen LogP contribution < -0.4 is 16.2 Å². The van der Waals surface area contributed by atoms with Crippen LogP contribution in [-0.4, -0.2) is 20.4 Å². The molecule has 1 atom stereocenters. The van der Waals surface area contributed by atoms with Crippen molar-refractivity contribution < 1.29 is 13.2 Å². The number of nitrogens with two attached hydrogens (primary N) is 2. The Morgan fingerprint density at radius 3 is 2.21 bits per heavy atom. The highest BCUT2D eigenvalue weighted by molar-refractivity contribution is 7.90. The van der Waals surface area contributed by atoms with Crippen molar-refractivity contribution in [1.29, 1.82) is 0 Å². The van der Waals surface area contributed by atoms with Crippen molar-refractivity contribution in [2.45, 2.75) is 31.3 Å². The zero-order valence-corrected chi connectivity index (χ0v) is 11.8. The van der Waals surface area contributed by atoms with Gasteiger partial charge in [-0.15, -0.1) is 0 Å². The molecule has 1 rings (SSSR count). The molecule has 0 aliphatic heterocycles. The molecular weight excluding hydrogens is 266 g/mol. The van der Waals surface area contributed by atoms with Crippen molar-refractivity contribution in [3.8, 4) is 0 Å². The largest absolute Gasteiger partial charge is 0.326 e. The number of nitrogens with one attached hydrogen (secondary N) is 1. The van der Waals surface area contributed by atoms with Gasteiger partial charge < -0.3 is 11.5 Å². The maximum Gasteiger partial charge on any atom is 0.264 e. The van der Waals surface area contributed by atoms with Crippen LogP contribution in [0.4, 0.5) is 0 Å². The molecule has 0 fully saturated rings. The van der Waals surface area contributed by atoms with E-state index in [2.05, 4.69) is 0 Å². The lowest BCUT2D eigenvalue weighted by Gasteiger charge is -2.15. The van der Waals surface area contributed by atoms with Gasteiger partial charge in [0.05, 0.1) is 10.9 Å². The molecule has 0 heterocycles. The summed E-state index contributed by atoms with van der Waals surface area (Å²) in [6.07, 6.45) is 0. The monoisotopic (exact) mass is 285 g/mol. The van der Waals surface area contributed by atoms with Crippen molar-refractivity contribution in [2.75, 3.05) is 0 Å². The number of rotatable bonds is 5. The van der Waals surface area contributed by atoms with E-state index >= 15 is 0 Å². The average molecular weight is 285 g/mol. The topological polar surface area (TPSA) is 115 Å². The Morgan fingerprint density at radius 1 is 1.26 bits per heavy atom. The van der Waals surface area contributed by atoms with E-state index in [0.29, 0.717) is 6.54 Å². The second-order valence-corrected chi connectivity index (χ2v) is 6.27. The first kappa shape index (κ1) is 15.6. The van der Waals surface area contributed by atoms with E-state index in [1.165, 1.54) is 12.1 Å². The Hall–Kier alpha value is -1.44. The standard InChI is InChI=1S/C12H19N3O3S/c1-8(2)11(14)12(16)15-19(17,18)10-5-3-9(7-13)4-6-10/h3-6,8,11H,7,13-14H2,1-2H3,(H,15,16). The summed E-state index contributed by atoms with van der Waals surface area (Å²) >= 11 is 0. The maximum atomic E-state index is 12.0. The predicted molar refractivity (Wildman–Crippen MR) is 72.5 cm³/mol. The Morgan fingerprint density at radius 2 is 1.79 bits per heavy atom. The second-order valence-electron chi connectivity index (χ2n) is 4.59. The van der Waals surface area contributed by atoms with Gasteiger partial charge in [0.2, 0.25) is 0 Å². The van der Waals surface area contributed by atoms with Gasteiger partial charge in [-0.2, -0.15) is 0 Å². The van der Waals surface area contributed by atoms with Crippen molar-refractivity contribution >= 4 is 15.9 Å². The number of hydrogen-bond donors (Lipinski definition) is 3. The van der Waals surface area contributed by atoms with Gasteiger partial charge in [0.15, 0.2) is 0 Å². The van der Waals surface area contributed by atoms with E-state index in [4.69, 9.17) is 11.5 Å². The molecule has 0 saturated carbocycles. The minimum absolute atomic E-state index is 0.00834. The number of carbonyl (C=O) groups excluding carboxylic acids is 1. The number of sulfonamides is 1. The lowest BCUT2D eigenvalue weighted by Crippen LogP contribution is -2.46. The van der Waals surface area contributed by atoms with Crippen LogP contribution in [0.3, 0.4) is 0 Å². The van der Waals surface area contributed by atoms with E-state index < -0.39 is 22.0 Å². The SMILES string of the molecule is CC(C)C(N)C(=O)NS(=O)(=O)c1ccc(CN)cc1. The molecule has 0 spiro atoms. The zero-order chi connectivity index (χ0) is 14.6. The molecule has 1 aromatic rings. The van der Waals surface area contributed by atoms with Crippen molar-refractivity contribution in [3.05, 3.63) is 29.8 Å². The molecule has 0 bridgehead atoms. The van der Waals surface area contributed by atoms with Crippen LogP contribution in [0.15, 0.2) is 29.2 Å². The lowest BCUT2D eigenvalue weighted by atomic mass is 10.1. The molecule has 0 aromatic heterocycles. The third-order valence-corrected chi connectivity index (χ3v) is 4.09. The van der Waals surface area contributed by atoms with Crippen molar-refractivity contribution in [3.63, 3.8) is 0 Å². The van der Waals surface area contributed by atoms with Crippen LogP contribution in [0.1, 0.15) is 19.4 Å². The molecule has 6 nitrogen and oxygen atoms in total. The summed E-state index contributed by atoms with van der Waals surface area (Å²) in [5, 5.41) is 0. The zero-order valence-electron chi connectivity index (χ0n) is 11.0. The Labute approximate surface area is 113 Å². The summed E-state index contributed by atoms with van der Waals surface area (Å²) in [5.41, 5.74) is 11.8. The van der Waals surface area contributed by atoms with Crippen molar-refractivity contribution in [2.24, 2.45) is 17.4 Å². The molecule has 0 saturated heterocycles. The van der Waals surface area contributed by atoms with E-state index in [-0.39, 0.29) is 10.8 Å². The van der Waals surface area contributed by atoms with Gasteiger partial charge in [-0.1, -0.05) is 26.0 Å². The first-order chi connectivity index (χ1) is 8.77. The van der Waals surface area contributed by atoms with Gasteiger partial charge in [-0.3, -0.25) is 4.79 Å². The summed E-state index contributed by atoms with van der Waals surface area (Å²) < 4.78 is 25.9. The highest BCUT2D eigenvalue weighted by atomic mass is 32.2. The number of carbonyl (C=O) groups is 1. The molecule has 106 valence electrons. The average Bonchev–Trinajstić information content (AvgIpc) is 2.37. The fraction of sp³-hybridized carbons (Fsp3) is 0.417. The second kappa shape index (κ2) is 6.14. The van der Waals surface area contributed by atoms with Gasteiger partial charge in [0, 0.05) is 6.54 Å². The predicted octanol–water partition coefficient (Wildman–Crippen LogP) is -0.0665. The van der Waals surface area contributed by atoms with Gasteiger partial charge in [0.1, 0.15) is 0 Å². The lowest BCUT2D eigenvalue weighted by molar-refractivity contribution is -0.121. The van der Waals surface area contributed by atoms with E-state index in [1.807, 2.05) is 4.72 Å². The highest BCUT2D eigenvalue weighted by Gasteiger charge is 2.23. The Kier molecular flexibility index (Phi) is 5.04. The number of hydrogen-bond acceptors (Lipinski definition) is 5. The molecule has 0 aliphatic rings. The first-order valence-corrected chi connectivity index (χ1v) is 7.37. The third kappa shape index (κ3) is 4.02. The van der Waals surface area contributed by atoms with Crippen LogP contribution in [0, 0.1) is 5.92 Å². The minimum atomic E-state index is -3.88. The van der Waals surface area contributed by atoms with E-state index in [0.717, 1.165) is 5.56 Å². The van der Waals surface area contributed by atoms with Crippen LogP contribution in [-0.2, 0) is 21.4 Å². The smallest absolute Gasteiger partial charge is 0.264 e. The number of amides is 1. The van der Waals surface area contributed by atoms with Crippen LogP contribution in [0.5, 0.6) is 0 Å². The molecule has 1 amide bonds. The maximum absolute atomic E-state index is 12.0. The Bertz CT molecular complexity index is 538. The van der Waals surface area contributed by atoms with Gasteiger partial charge in [-0.25, -0.2) is 13.1 Å². The van der Waals surface area contributed by atoms with Gasteiger partial charge >= 0.3 is 0 Å². The normalized spacial score (nSPS) is 13.3. The fourth-order valence-corrected chi connectivity index (χ4v) is 2.38. The van der Waals surface area contributed by atoms with Crippen molar-refractivity contribution in [1.82, 2.24) is 4.72 Å². The molecular formula is C12H19N3O3S. The summed E-state index contributed by atoms with van der Waals surface area (Å²) in [7, 11) is -3.88. The quantitative estimate of drug-likeness (QED) is 0.700. The molecule has 0 radical (unpaired) electrons. The Balaban J connectivity index is 2.89. The summed E-state index contributed by atoms with van der Waals surface area (Å²) in [4.78, 5) is 11.7. The molecule has 19 heavy (non-hydrogen) atoms. The van der Waals surface area contributed by atoms with Crippen LogP contribution in [0.2, 0.25) is 0 Å². The molecule has 0 aliphatic carbocycles. The third-order valence-electron chi connectivity index (χ3n) is 2.73. The molecule has 1 unspecified atom stereocenters. The molecule has 5 N–H and O–H groups in total. The fourth-order valence-electron chi connectivity index (χ4n) is 1.37. The van der Waals surface area contributed by atoms with E-state index in [9.17, 15) is 13.2 Å². The molecule has 7 heteroatoms.